The van der Waals surface area contributed by atoms with Gasteiger partial charge in [-0.25, -0.2) is 9.97 Å². The molecule has 2 aromatic carbocycles. The van der Waals surface area contributed by atoms with Crippen LogP contribution in [0.4, 0.5) is 5.69 Å². The number of methoxy groups -OCH3 is 1. The molecule has 148 valence electrons. The molecule has 30 heavy (non-hydrogen) atoms. The van der Waals surface area contributed by atoms with Crippen molar-refractivity contribution in [2.45, 2.75) is 6.42 Å². The Balaban J connectivity index is 1.42. The van der Waals surface area contributed by atoms with Gasteiger partial charge in [-0.1, -0.05) is 18.2 Å². The zero-order chi connectivity index (χ0) is 20.5. The van der Waals surface area contributed by atoms with E-state index in [1.54, 1.807) is 13.3 Å². The smallest absolute Gasteiger partial charge is 0.234 e. The molecule has 0 atom stereocenters. The third-order valence-electron chi connectivity index (χ3n) is 5.03. The maximum absolute atomic E-state index is 12.8. The van der Waals surface area contributed by atoms with Gasteiger partial charge in [0, 0.05) is 41.3 Å². The van der Waals surface area contributed by atoms with E-state index in [9.17, 15) is 4.79 Å². The third-order valence-corrected chi connectivity index (χ3v) is 5.03. The third kappa shape index (κ3) is 3.26. The molecule has 0 aliphatic carbocycles. The highest BCUT2D eigenvalue weighted by atomic mass is 16.5. The normalized spacial score (nSPS) is 11.1. The Morgan fingerprint density at radius 2 is 2.10 bits per heavy atom. The second-order valence-electron chi connectivity index (χ2n) is 6.95. The van der Waals surface area contributed by atoms with E-state index in [-0.39, 0.29) is 12.3 Å². The first-order valence-electron chi connectivity index (χ1n) is 9.54. The quantitative estimate of drug-likeness (QED) is 0.468. The average Bonchev–Trinajstić information content (AvgIpc) is 3.38. The van der Waals surface area contributed by atoms with Crippen molar-refractivity contribution < 1.29 is 9.53 Å². The zero-order valence-electron chi connectivity index (χ0n) is 16.3. The van der Waals surface area contributed by atoms with Gasteiger partial charge in [0.1, 0.15) is 5.75 Å². The molecule has 7 heteroatoms. The number of aromatic nitrogens is 4. The monoisotopic (exact) mass is 397 g/mol. The van der Waals surface area contributed by atoms with E-state index in [1.165, 1.54) is 0 Å². The number of aromatic amines is 1. The van der Waals surface area contributed by atoms with Crippen molar-refractivity contribution in [2.75, 3.05) is 12.4 Å². The standard InChI is InChI=1S/C23H19N5O2/c1-30-21-8-7-15(20-14-28-10-4-9-24-23(28)27-20)11-19(21)26-22(29)12-16-13-25-18-6-3-2-5-17(16)18/h2-11,13-14,25H,12H2,1H3,(H,26,29). The highest BCUT2D eigenvalue weighted by Gasteiger charge is 2.14. The van der Waals surface area contributed by atoms with Crippen LogP contribution in [0.15, 0.2) is 73.3 Å². The number of ether oxygens (including phenoxy) is 1. The molecule has 2 N–H and O–H groups in total. The summed E-state index contributed by atoms with van der Waals surface area (Å²) in [6.45, 7) is 0. The number of rotatable bonds is 5. The summed E-state index contributed by atoms with van der Waals surface area (Å²) in [5, 5.41) is 4.03. The van der Waals surface area contributed by atoms with Gasteiger partial charge in [-0.2, -0.15) is 0 Å². The van der Waals surface area contributed by atoms with Gasteiger partial charge >= 0.3 is 0 Å². The summed E-state index contributed by atoms with van der Waals surface area (Å²) >= 11 is 0. The molecule has 0 spiro atoms. The topological polar surface area (TPSA) is 84.3 Å². The first-order chi connectivity index (χ1) is 14.7. The fourth-order valence-corrected chi connectivity index (χ4v) is 3.58. The van der Waals surface area contributed by atoms with Crippen molar-refractivity contribution in [1.82, 2.24) is 19.4 Å². The zero-order valence-corrected chi connectivity index (χ0v) is 16.3. The van der Waals surface area contributed by atoms with E-state index in [0.29, 0.717) is 17.2 Å². The number of para-hydroxylation sites is 1. The number of carbonyl (C=O) groups excluding carboxylic acids is 1. The SMILES string of the molecule is COc1ccc(-c2cn3cccnc3n2)cc1NC(=O)Cc1c[nH]c2ccccc12. The van der Waals surface area contributed by atoms with Crippen LogP contribution in [0, 0.1) is 0 Å². The minimum atomic E-state index is -0.119. The van der Waals surface area contributed by atoms with Crippen molar-refractivity contribution in [3.8, 4) is 17.0 Å². The lowest BCUT2D eigenvalue weighted by molar-refractivity contribution is -0.115. The Labute approximate surface area is 172 Å². The van der Waals surface area contributed by atoms with Crippen molar-refractivity contribution >= 4 is 28.3 Å². The molecule has 5 aromatic rings. The summed E-state index contributed by atoms with van der Waals surface area (Å²) in [6.07, 6.45) is 7.64. The molecule has 0 bridgehead atoms. The Bertz CT molecular complexity index is 1340. The lowest BCUT2D eigenvalue weighted by Gasteiger charge is -2.11. The molecule has 0 aliphatic rings. The van der Waals surface area contributed by atoms with Crippen molar-refractivity contribution in [2.24, 2.45) is 0 Å². The number of hydrogen-bond acceptors (Lipinski definition) is 4. The van der Waals surface area contributed by atoms with Crippen LogP contribution in [-0.2, 0) is 11.2 Å². The molecule has 0 saturated heterocycles. The minimum Gasteiger partial charge on any atom is -0.495 e. The number of carbonyl (C=O) groups is 1. The van der Waals surface area contributed by atoms with E-state index in [1.807, 2.05) is 71.5 Å². The number of hydrogen-bond donors (Lipinski definition) is 2. The van der Waals surface area contributed by atoms with Gasteiger partial charge in [-0.15, -0.1) is 0 Å². The van der Waals surface area contributed by atoms with Crippen LogP contribution in [0.2, 0.25) is 0 Å². The number of anilines is 1. The lowest BCUT2D eigenvalue weighted by atomic mass is 10.1. The molecule has 0 aliphatic heterocycles. The van der Waals surface area contributed by atoms with E-state index < -0.39 is 0 Å². The van der Waals surface area contributed by atoms with E-state index in [4.69, 9.17) is 4.74 Å². The van der Waals surface area contributed by atoms with Gasteiger partial charge in [0.2, 0.25) is 11.7 Å². The van der Waals surface area contributed by atoms with Crippen molar-refractivity contribution in [3.05, 3.63) is 78.9 Å². The van der Waals surface area contributed by atoms with Crippen LogP contribution in [-0.4, -0.2) is 32.4 Å². The summed E-state index contributed by atoms with van der Waals surface area (Å²) < 4.78 is 7.30. The molecule has 0 saturated carbocycles. The Hall–Kier alpha value is -4.13. The highest BCUT2D eigenvalue weighted by molar-refractivity contribution is 5.97. The Morgan fingerprint density at radius 3 is 2.97 bits per heavy atom. The molecular formula is C23H19N5O2. The highest BCUT2D eigenvalue weighted by Crippen LogP contribution is 2.30. The first-order valence-corrected chi connectivity index (χ1v) is 9.54. The number of nitrogens with one attached hydrogen (secondary N) is 2. The number of imidazole rings is 1. The van der Waals surface area contributed by atoms with Crippen LogP contribution in [0.1, 0.15) is 5.56 Å². The molecule has 3 aromatic heterocycles. The van der Waals surface area contributed by atoms with Crippen molar-refractivity contribution in [1.29, 1.82) is 0 Å². The summed E-state index contributed by atoms with van der Waals surface area (Å²) in [4.78, 5) is 24.8. The number of benzene rings is 2. The summed E-state index contributed by atoms with van der Waals surface area (Å²) in [5.74, 6) is 1.09. The fraction of sp³-hybridized carbons (Fsp3) is 0.0870. The minimum absolute atomic E-state index is 0.119. The fourth-order valence-electron chi connectivity index (χ4n) is 3.58. The predicted octanol–water partition coefficient (Wildman–Crippen LogP) is 4.07. The molecule has 3 heterocycles. The average molecular weight is 397 g/mol. The summed E-state index contributed by atoms with van der Waals surface area (Å²) in [7, 11) is 1.58. The predicted molar refractivity (Wildman–Crippen MR) is 116 cm³/mol. The second kappa shape index (κ2) is 7.36. The van der Waals surface area contributed by atoms with Crippen LogP contribution in [0.5, 0.6) is 5.75 Å². The Morgan fingerprint density at radius 1 is 1.20 bits per heavy atom. The van der Waals surface area contributed by atoms with Crippen LogP contribution >= 0.6 is 0 Å². The molecule has 0 unspecified atom stereocenters. The second-order valence-corrected chi connectivity index (χ2v) is 6.95. The molecular weight excluding hydrogens is 378 g/mol. The molecule has 5 rings (SSSR count). The van der Waals surface area contributed by atoms with Crippen LogP contribution in [0.25, 0.3) is 27.9 Å². The van der Waals surface area contributed by atoms with Crippen LogP contribution < -0.4 is 10.1 Å². The van der Waals surface area contributed by atoms with Crippen molar-refractivity contribution in [3.63, 3.8) is 0 Å². The lowest BCUT2D eigenvalue weighted by Crippen LogP contribution is -2.15. The largest absolute Gasteiger partial charge is 0.495 e. The van der Waals surface area contributed by atoms with Gasteiger partial charge in [-0.05, 0) is 35.9 Å². The molecule has 7 nitrogen and oxygen atoms in total. The first kappa shape index (κ1) is 17.9. The number of nitrogens with zero attached hydrogens (tertiary/aromatic N) is 3. The molecule has 0 radical (unpaired) electrons. The van der Waals surface area contributed by atoms with Gasteiger partial charge in [-0.3, -0.25) is 9.20 Å². The van der Waals surface area contributed by atoms with Gasteiger partial charge < -0.3 is 15.0 Å². The van der Waals surface area contributed by atoms with Crippen LogP contribution in [0.3, 0.4) is 0 Å². The van der Waals surface area contributed by atoms with E-state index in [0.717, 1.165) is 27.7 Å². The number of H-pyrrole nitrogens is 1. The van der Waals surface area contributed by atoms with Gasteiger partial charge in [0.15, 0.2) is 0 Å². The van der Waals surface area contributed by atoms with E-state index in [2.05, 4.69) is 20.3 Å². The summed E-state index contributed by atoms with van der Waals surface area (Å²) in [5.41, 5.74) is 4.20. The van der Waals surface area contributed by atoms with Gasteiger partial charge in [0.05, 0.1) is 24.9 Å². The maximum atomic E-state index is 12.8. The number of amides is 1. The maximum Gasteiger partial charge on any atom is 0.234 e. The summed E-state index contributed by atoms with van der Waals surface area (Å²) in [6, 6.07) is 15.4. The molecule has 0 fully saturated rings. The van der Waals surface area contributed by atoms with E-state index >= 15 is 0 Å². The number of fused-ring (bicyclic) bond motifs is 2. The molecule has 1 amide bonds. The van der Waals surface area contributed by atoms with Gasteiger partial charge in [0.25, 0.3) is 0 Å². The Kier molecular flexibility index (Phi) is 4.40.